The van der Waals surface area contributed by atoms with Gasteiger partial charge in [-0.3, -0.25) is 4.79 Å². The molecular formula is C21H43NO6. The standard InChI is InChI=1S/C21H43NO6/c1-3-4-5-6-7-8-9-10-11-12-13-14-15-22(2)21(28)20(27)19(26)18(25)17(24)16-23/h17-20,23-27H,3-16H2,1-2H3. The fourth-order valence-electron chi connectivity index (χ4n) is 3.19. The lowest BCUT2D eigenvalue weighted by atomic mass is 10.0. The van der Waals surface area contributed by atoms with Gasteiger partial charge in [0.2, 0.25) is 0 Å². The molecule has 0 aliphatic carbocycles. The third-order valence-electron chi connectivity index (χ3n) is 5.23. The number of aliphatic hydroxyl groups is 5. The summed E-state index contributed by atoms with van der Waals surface area (Å²) in [6, 6.07) is 0. The summed E-state index contributed by atoms with van der Waals surface area (Å²) in [6.07, 6.45) is 7.57. The average Bonchev–Trinajstić information content (AvgIpc) is 2.71. The molecule has 7 heteroatoms. The second kappa shape index (κ2) is 17.2. The van der Waals surface area contributed by atoms with Crippen molar-refractivity contribution in [2.75, 3.05) is 20.2 Å². The second-order valence-corrected chi connectivity index (χ2v) is 7.82. The van der Waals surface area contributed by atoms with Gasteiger partial charge < -0.3 is 30.4 Å². The van der Waals surface area contributed by atoms with E-state index in [1.807, 2.05) is 0 Å². The number of carbonyl (C=O) groups excluding carboxylic acids is 1. The first-order valence-corrected chi connectivity index (χ1v) is 10.9. The van der Waals surface area contributed by atoms with Crippen molar-refractivity contribution in [3.63, 3.8) is 0 Å². The summed E-state index contributed by atoms with van der Waals surface area (Å²) in [6.45, 7) is 1.92. The van der Waals surface area contributed by atoms with Crippen LogP contribution in [0.2, 0.25) is 0 Å². The van der Waals surface area contributed by atoms with Gasteiger partial charge in [-0.25, -0.2) is 0 Å². The van der Waals surface area contributed by atoms with E-state index in [4.69, 9.17) is 5.11 Å². The van der Waals surface area contributed by atoms with Crippen LogP contribution in [0, 0.1) is 0 Å². The molecule has 5 N–H and O–H groups in total. The number of amides is 1. The molecule has 0 spiro atoms. The molecule has 0 saturated heterocycles. The summed E-state index contributed by atoms with van der Waals surface area (Å²) in [5.74, 6) is -0.709. The van der Waals surface area contributed by atoms with Crippen molar-refractivity contribution < 1.29 is 30.3 Å². The minimum atomic E-state index is -1.85. The number of likely N-dealkylation sites (N-methyl/N-ethyl adjacent to an activating group) is 1. The van der Waals surface area contributed by atoms with Gasteiger partial charge in [-0.1, -0.05) is 77.6 Å². The van der Waals surface area contributed by atoms with E-state index >= 15 is 0 Å². The maximum atomic E-state index is 12.1. The first-order chi connectivity index (χ1) is 13.4. The molecular weight excluding hydrogens is 362 g/mol. The molecule has 0 aliphatic heterocycles. The van der Waals surface area contributed by atoms with Crippen LogP contribution < -0.4 is 0 Å². The molecule has 0 aromatic heterocycles. The maximum Gasteiger partial charge on any atom is 0.253 e. The van der Waals surface area contributed by atoms with Crippen LogP contribution in [-0.2, 0) is 4.79 Å². The predicted molar refractivity (Wildman–Crippen MR) is 110 cm³/mol. The Morgan fingerprint density at radius 3 is 1.61 bits per heavy atom. The molecule has 168 valence electrons. The third kappa shape index (κ3) is 12.0. The summed E-state index contributed by atoms with van der Waals surface area (Å²) in [5, 5.41) is 47.3. The molecule has 0 aliphatic rings. The maximum absolute atomic E-state index is 12.1. The molecule has 4 atom stereocenters. The van der Waals surface area contributed by atoms with Gasteiger partial charge in [0.25, 0.3) is 5.91 Å². The zero-order valence-corrected chi connectivity index (χ0v) is 17.8. The number of rotatable bonds is 18. The minimum Gasteiger partial charge on any atom is -0.394 e. The van der Waals surface area contributed by atoms with Gasteiger partial charge in [0.05, 0.1) is 6.61 Å². The van der Waals surface area contributed by atoms with Crippen molar-refractivity contribution in [2.45, 2.75) is 108 Å². The van der Waals surface area contributed by atoms with Gasteiger partial charge in [0.1, 0.15) is 18.3 Å². The quantitative estimate of drug-likeness (QED) is 0.221. The lowest BCUT2D eigenvalue weighted by Crippen LogP contribution is -2.52. The van der Waals surface area contributed by atoms with Crippen LogP contribution in [0.3, 0.4) is 0 Å². The molecule has 4 unspecified atom stereocenters. The van der Waals surface area contributed by atoms with E-state index in [2.05, 4.69) is 6.92 Å². The Hall–Kier alpha value is -0.730. The van der Waals surface area contributed by atoms with E-state index in [0.29, 0.717) is 6.54 Å². The van der Waals surface area contributed by atoms with Gasteiger partial charge in [-0.05, 0) is 6.42 Å². The number of unbranched alkanes of at least 4 members (excludes halogenated alkanes) is 11. The Bertz CT molecular complexity index is 382. The topological polar surface area (TPSA) is 121 Å². The Morgan fingerprint density at radius 2 is 1.18 bits per heavy atom. The van der Waals surface area contributed by atoms with E-state index in [9.17, 15) is 25.2 Å². The van der Waals surface area contributed by atoms with Crippen molar-refractivity contribution in [3.05, 3.63) is 0 Å². The van der Waals surface area contributed by atoms with E-state index in [1.54, 1.807) is 0 Å². The SMILES string of the molecule is CCCCCCCCCCCCCCN(C)C(=O)C(O)C(O)C(O)C(O)CO. The van der Waals surface area contributed by atoms with Gasteiger partial charge >= 0.3 is 0 Å². The molecule has 0 fully saturated rings. The van der Waals surface area contributed by atoms with Crippen molar-refractivity contribution in [3.8, 4) is 0 Å². The summed E-state index contributed by atoms with van der Waals surface area (Å²) in [7, 11) is 1.53. The van der Waals surface area contributed by atoms with Crippen LogP contribution >= 0.6 is 0 Å². The molecule has 0 aromatic rings. The van der Waals surface area contributed by atoms with Crippen molar-refractivity contribution in [1.29, 1.82) is 0 Å². The predicted octanol–water partition coefficient (Wildman–Crippen LogP) is 1.58. The highest BCUT2D eigenvalue weighted by atomic mass is 16.4. The Morgan fingerprint density at radius 1 is 0.750 bits per heavy atom. The molecule has 0 bridgehead atoms. The highest BCUT2D eigenvalue weighted by Crippen LogP contribution is 2.13. The fourth-order valence-corrected chi connectivity index (χ4v) is 3.19. The lowest BCUT2D eigenvalue weighted by molar-refractivity contribution is -0.157. The minimum absolute atomic E-state index is 0.457. The van der Waals surface area contributed by atoms with Crippen molar-refractivity contribution in [1.82, 2.24) is 4.90 Å². The number of carbonyl (C=O) groups is 1. The monoisotopic (exact) mass is 405 g/mol. The average molecular weight is 406 g/mol. The molecule has 0 rings (SSSR count). The Kier molecular flexibility index (Phi) is 16.7. The summed E-state index contributed by atoms with van der Waals surface area (Å²) < 4.78 is 0. The van der Waals surface area contributed by atoms with Crippen LogP contribution in [0.1, 0.15) is 84.0 Å². The largest absolute Gasteiger partial charge is 0.394 e. The normalized spacial score (nSPS) is 15.8. The molecule has 0 radical (unpaired) electrons. The van der Waals surface area contributed by atoms with Crippen LogP contribution in [0.5, 0.6) is 0 Å². The fraction of sp³-hybridized carbons (Fsp3) is 0.952. The van der Waals surface area contributed by atoms with E-state index < -0.39 is 36.9 Å². The number of nitrogens with zero attached hydrogens (tertiary/aromatic N) is 1. The van der Waals surface area contributed by atoms with Crippen molar-refractivity contribution in [2.24, 2.45) is 0 Å². The van der Waals surface area contributed by atoms with Gasteiger partial charge in [-0.2, -0.15) is 0 Å². The first kappa shape index (κ1) is 27.3. The number of hydrogen-bond acceptors (Lipinski definition) is 6. The van der Waals surface area contributed by atoms with Crippen molar-refractivity contribution >= 4 is 5.91 Å². The molecule has 0 saturated carbocycles. The van der Waals surface area contributed by atoms with Gasteiger partial charge in [0, 0.05) is 13.6 Å². The molecule has 0 heterocycles. The lowest BCUT2D eigenvalue weighted by Gasteiger charge is -2.28. The Labute approximate surface area is 170 Å². The zero-order valence-electron chi connectivity index (χ0n) is 17.8. The van der Waals surface area contributed by atoms with E-state index in [0.717, 1.165) is 19.3 Å². The molecule has 7 nitrogen and oxygen atoms in total. The molecule has 28 heavy (non-hydrogen) atoms. The number of hydrogen-bond donors (Lipinski definition) is 5. The van der Waals surface area contributed by atoms with E-state index in [1.165, 1.54) is 69.7 Å². The summed E-state index contributed by atoms with van der Waals surface area (Å²) >= 11 is 0. The summed E-state index contributed by atoms with van der Waals surface area (Å²) in [5.41, 5.74) is 0. The summed E-state index contributed by atoms with van der Waals surface area (Å²) in [4.78, 5) is 13.4. The number of aliphatic hydroxyl groups excluding tert-OH is 5. The second-order valence-electron chi connectivity index (χ2n) is 7.82. The van der Waals surface area contributed by atoms with Crippen LogP contribution in [0.15, 0.2) is 0 Å². The van der Waals surface area contributed by atoms with Gasteiger partial charge in [0.15, 0.2) is 6.10 Å². The molecule has 1 amide bonds. The zero-order chi connectivity index (χ0) is 21.4. The van der Waals surface area contributed by atoms with Crippen LogP contribution in [0.4, 0.5) is 0 Å². The highest BCUT2D eigenvalue weighted by Gasteiger charge is 2.35. The first-order valence-electron chi connectivity index (χ1n) is 10.9. The van der Waals surface area contributed by atoms with Gasteiger partial charge in [-0.15, -0.1) is 0 Å². The Balaban J connectivity index is 3.77. The third-order valence-corrected chi connectivity index (χ3v) is 5.23. The van der Waals surface area contributed by atoms with E-state index in [-0.39, 0.29) is 0 Å². The van der Waals surface area contributed by atoms with Crippen LogP contribution in [0.25, 0.3) is 0 Å². The molecule has 0 aromatic carbocycles. The van der Waals surface area contributed by atoms with Crippen LogP contribution in [-0.4, -0.2) is 81.0 Å². The smallest absolute Gasteiger partial charge is 0.253 e. The highest BCUT2D eigenvalue weighted by molar-refractivity contribution is 5.81.